The number of benzene rings is 3. The summed E-state index contributed by atoms with van der Waals surface area (Å²) in [4.78, 5) is 37.4. The number of para-hydroxylation sites is 1. The first kappa shape index (κ1) is 29.2. The zero-order valence-corrected chi connectivity index (χ0v) is 23.6. The van der Waals surface area contributed by atoms with E-state index in [1.165, 1.54) is 26.0 Å². The van der Waals surface area contributed by atoms with Crippen molar-refractivity contribution in [1.29, 1.82) is 0 Å². The number of carbonyl (C=O) groups excluding carboxylic acids is 3. The molecule has 0 aliphatic rings. The van der Waals surface area contributed by atoms with Crippen LogP contribution in [0.15, 0.2) is 78.0 Å². The molecule has 41 heavy (non-hydrogen) atoms. The summed E-state index contributed by atoms with van der Waals surface area (Å²) in [5.41, 5.74) is 2.10. The van der Waals surface area contributed by atoms with Gasteiger partial charge in [-0.2, -0.15) is 0 Å². The van der Waals surface area contributed by atoms with Crippen LogP contribution in [0.1, 0.15) is 33.5 Å². The van der Waals surface area contributed by atoms with Gasteiger partial charge in [-0.25, -0.2) is 4.79 Å². The van der Waals surface area contributed by atoms with Crippen LogP contribution in [0.5, 0.6) is 11.5 Å². The van der Waals surface area contributed by atoms with Crippen molar-refractivity contribution in [3.63, 3.8) is 0 Å². The van der Waals surface area contributed by atoms with Crippen molar-refractivity contribution in [3.8, 4) is 17.2 Å². The zero-order chi connectivity index (χ0) is 29.2. The molecule has 4 aromatic rings. The van der Waals surface area contributed by atoms with Crippen LogP contribution < -0.4 is 20.1 Å². The fourth-order valence-electron chi connectivity index (χ4n) is 3.78. The molecule has 0 spiro atoms. The molecule has 0 aliphatic carbocycles. The number of nitrogens with one attached hydrogen (secondary N) is 2. The molecule has 212 valence electrons. The number of esters is 1. The smallest absolute Gasteiger partial charge is 0.338 e. The highest BCUT2D eigenvalue weighted by atomic mass is 32.2. The Balaban J connectivity index is 1.44. The number of thioether (sulfide) groups is 1. The summed E-state index contributed by atoms with van der Waals surface area (Å²) in [6.07, 6.45) is 0. The Kier molecular flexibility index (Phi) is 9.94. The van der Waals surface area contributed by atoms with Crippen LogP contribution in [0.4, 0.5) is 5.69 Å². The number of amides is 2. The summed E-state index contributed by atoms with van der Waals surface area (Å²) in [6.45, 7) is 2.11. The Morgan fingerprint density at radius 1 is 0.878 bits per heavy atom. The van der Waals surface area contributed by atoms with Crippen molar-refractivity contribution in [2.24, 2.45) is 0 Å². The van der Waals surface area contributed by atoms with Gasteiger partial charge in [0.15, 0.2) is 11.0 Å². The molecule has 4 rings (SSSR count). The van der Waals surface area contributed by atoms with E-state index in [1.54, 1.807) is 54.0 Å². The van der Waals surface area contributed by atoms with Gasteiger partial charge in [-0.3, -0.25) is 14.2 Å². The van der Waals surface area contributed by atoms with Crippen molar-refractivity contribution in [2.45, 2.75) is 18.6 Å². The van der Waals surface area contributed by atoms with Crippen molar-refractivity contribution in [1.82, 2.24) is 20.1 Å². The fourth-order valence-corrected chi connectivity index (χ4v) is 4.55. The quantitative estimate of drug-likeness (QED) is 0.189. The molecule has 12 heteroatoms. The summed E-state index contributed by atoms with van der Waals surface area (Å²) in [6, 6.07) is 20.8. The maximum atomic E-state index is 12.9. The largest absolute Gasteiger partial charge is 0.497 e. The number of aromatic nitrogens is 3. The minimum Gasteiger partial charge on any atom is -0.497 e. The second-order valence-electron chi connectivity index (χ2n) is 8.49. The molecule has 0 bridgehead atoms. The first-order valence-corrected chi connectivity index (χ1v) is 13.6. The van der Waals surface area contributed by atoms with Crippen LogP contribution in [0.25, 0.3) is 5.69 Å². The first-order valence-electron chi connectivity index (χ1n) is 12.6. The third-order valence-corrected chi connectivity index (χ3v) is 6.68. The van der Waals surface area contributed by atoms with Gasteiger partial charge < -0.3 is 24.8 Å². The maximum absolute atomic E-state index is 12.9. The second-order valence-corrected chi connectivity index (χ2v) is 9.43. The Bertz CT molecular complexity index is 1490. The minimum absolute atomic E-state index is 0.0561. The van der Waals surface area contributed by atoms with Gasteiger partial charge in [-0.15, -0.1) is 10.2 Å². The van der Waals surface area contributed by atoms with Crippen LogP contribution >= 0.6 is 11.8 Å². The van der Waals surface area contributed by atoms with Gasteiger partial charge in [0.1, 0.15) is 11.5 Å². The van der Waals surface area contributed by atoms with Crippen molar-refractivity contribution >= 4 is 35.2 Å². The van der Waals surface area contributed by atoms with E-state index in [0.717, 1.165) is 5.69 Å². The fraction of sp³-hybridized carbons (Fsp3) is 0.207. The Hall–Kier alpha value is -4.84. The number of ether oxygens (including phenoxy) is 3. The standard InChI is InChI=1S/C29H29N5O6S/c1-4-40-28(37)19-10-12-21(13-11-19)31-26(35)18-41-29-33-32-25(34(29)22-8-6-5-7-9-22)17-30-27(36)20-14-23(38-2)16-24(15-20)39-3/h5-16H,4,17-18H2,1-3H3,(H,30,36)(H,31,35). The van der Waals surface area contributed by atoms with E-state index < -0.39 is 5.97 Å². The van der Waals surface area contributed by atoms with E-state index in [9.17, 15) is 14.4 Å². The third-order valence-electron chi connectivity index (χ3n) is 5.75. The molecule has 0 aliphatic heterocycles. The molecule has 2 N–H and O–H groups in total. The van der Waals surface area contributed by atoms with E-state index >= 15 is 0 Å². The number of hydrogen-bond donors (Lipinski definition) is 2. The summed E-state index contributed by atoms with van der Waals surface area (Å²) in [5.74, 6) is 0.507. The number of methoxy groups -OCH3 is 2. The number of hydrogen-bond acceptors (Lipinski definition) is 9. The summed E-state index contributed by atoms with van der Waals surface area (Å²) in [5, 5.41) is 14.7. The zero-order valence-electron chi connectivity index (χ0n) is 22.7. The molecule has 1 heterocycles. The topological polar surface area (TPSA) is 134 Å². The van der Waals surface area contributed by atoms with E-state index in [1.807, 2.05) is 30.3 Å². The van der Waals surface area contributed by atoms with E-state index in [2.05, 4.69) is 20.8 Å². The summed E-state index contributed by atoms with van der Waals surface area (Å²) in [7, 11) is 3.03. The average Bonchev–Trinajstić information content (AvgIpc) is 3.42. The first-order chi connectivity index (χ1) is 19.9. The highest BCUT2D eigenvalue weighted by molar-refractivity contribution is 7.99. The van der Waals surface area contributed by atoms with Crippen LogP contribution in [-0.4, -0.2) is 59.1 Å². The lowest BCUT2D eigenvalue weighted by molar-refractivity contribution is -0.113. The summed E-state index contributed by atoms with van der Waals surface area (Å²) < 4.78 is 17.3. The SMILES string of the molecule is CCOC(=O)c1ccc(NC(=O)CSc2nnc(CNC(=O)c3cc(OC)cc(OC)c3)n2-c2ccccc2)cc1. The molecular weight excluding hydrogens is 546 g/mol. The minimum atomic E-state index is -0.420. The molecule has 11 nitrogen and oxygen atoms in total. The third kappa shape index (κ3) is 7.63. The monoisotopic (exact) mass is 575 g/mol. The number of rotatable bonds is 12. The van der Waals surface area contributed by atoms with Crippen molar-refractivity contribution < 1.29 is 28.6 Å². The van der Waals surface area contributed by atoms with E-state index in [0.29, 0.717) is 39.3 Å². The predicted octanol–water partition coefficient (Wildman–Crippen LogP) is 4.12. The Labute approximate surface area is 241 Å². The lowest BCUT2D eigenvalue weighted by Gasteiger charge is -2.12. The van der Waals surface area contributed by atoms with Gasteiger partial charge in [-0.1, -0.05) is 30.0 Å². The second kappa shape index (κ2) is 14.0. The molecular formula is C29H29N5O6S. The van der Waals surface area contributed by atoms with Gasteiger partial charge in [-0.05, 0) is 55.5 Å². The molecule has 0 radical (unpaired) electrons. The van der Waals surface area contributed by atoms with Crippen LogP contribution in [0, 0.1) is 0 Å². The summed E-state index contributed by atoms with van der Waals surface area (Å²) >= 11 is 1.20. The van der Waals surface area contributed by atoms with Crippen LogP contribution in [0.2, 0.25) is 0 Å². The number of nitrogens with zero attached hydrogens (tertiary/aromatic N) is 3. The van der Waals surface area contributed by atoms with Gasteiger partial charge >= 0.3 is 5.97 Å². The Morgan fingerprint density at radius 2 is 1.56 bits per heavy atom. The van der Waals surface area contributed by atoms with E-state index in [4.69, 9.17) is 14.2 Å². The van der Waals surface area contributed by atoms with Crippen LogP contribution in [-0.2, 0) is 16.1 Å². The molecule has 3 aromatic carbocycles. The molecule has 0 saturated carbocycles. The van der Waals surface area contributed by atoms with Gasteiger partial charge in [0.05, 0.1) is 38.7 Å². The Morgan fingerprint density at radius 3 is 2.20 bits per heavy atom. The van der Waals surface area contributed by atoms with E-state index in [-0.39, 0.29) is 30.7 Å². The molecule has 0 saturated heterocycles. The lowest BCUT2D eigenvalue weighted by Crippen LogP contribution is -2.24. The predicted molar refractivity (Wildman–Crippen MR) is 154 cm³/mol. The lowest BCUT2D eigenvalue weighted by atomic mass is 10.2. The van der Waals surface area contributed by atoms with Gasteiger partial charge in [0.2, 0.25) is 5.91 Å². The normalized spacial score (nSPS) is 10.5. The van der Waals surface area contributed by atoms with Crippen molar-refractivity contribution in [3.05, 3.63) is 89.7 Å². The maximum Gasteiger partial charge on any atom is 0.338 e. The number of carbonyl (C=O) groups is 3. The molecule has 0 fully saturated rings. The molecule has 2 amide bonds. The molecule has 0 unspecified atom stereocenters. The average molecular weight is 576 g/mol. The van der Waals surface area contributed by atoms with Gasteiger partial charge in [0.25, 0.3) is 5.91 Å². The molecule has 0 atom stereocenters. The highest BCUT2D eigenvalue weighted by Gasteiger charge is 2.18. The molecule has 1 aromatic heterocycles. The number of anilines is 1. The van der Waals surface area contributed by atoms with Crippen LogP contribution in [0.3, 0.4) is 0 Å². The highest BCUT2D eigenvalue weighted by Crippen LogP contribution is 2.24. The van der Waals surface area contributed by atoms with Gasteiger partial charge in [0, 0.05) is 23.0 Å². The van der Waals surface area contributed by atoms with Crippen molar-refractivity contribution in [2.75, 3.05) is 31.9 Å².